The minimum Gasteiger partial charge on any atom is -0.462 e. The lowest BCUT2D eigenvalue weighted by Crippen LogP contribution is -2.34. The molecule has 0 amide bonds. The zero-order valence-corrected chi connectivity index (χ0v) is 20.7. The summed E-state index contributed by atoms with van der Waals surface area (Å²) in [7, 11) is 0. The molecule has 0 radical (unpaired) electrons. The van der Waals surface area contributed by atoms with E-state index in [0.29, 0.717) is 0 Å². The molecule has 0 heterocycles. The lowest BCUT2D eigenvalue weighted by atomic mass is 9.75. The van der Waals surface area contributed by atoms with Crippen LogP contribution in [0.5, 0.6) is 0 Å². The second-order valence-corrected chi connectivity index (χ2v) is 10.3. The molecule has 6 heteroatoms. The number of carbonyl (C=O) groups excluding carboxylic acids is 2. The monoisotopic (exact) mass is 452 g/mol. The van der Waals surface area contributed by atoms with Crippen LogP contribution in [-0.4, -0.2) is 46.6 Å². The fourth-order valence-electron chi connectivity index (χ4n) is 3.99. The molecule has 6 nitrogen and oxygen atoms in total. The maximum Gasteiger partial charge on any atom is 0.336 e. The van der Waals surface area contributed by atoms with Gasteiger partial charge in [0.05, 0.1) is 35.6 Å². The molecular weight excluding hydrogens is 408 g/mol. The molecule has 0 aromatic heterocycles. The second-order valence-electron chi connectivity index (χ2n) is 10.3. The molecule has 0 spiro atoms. The Morgan fingerprint density at radius 2 is 1.31 bits per heavy atom. The molecule has 32 heavy (non-hydrogen) atoms. The van der Waals surface area contributed by atoms with Gasteiger partial charge in [-0.2, -0.15) is 0 Å². The molecule has 0 aromatic rings. The molecule has 0 saturated heterocycles. The molecule has 1 aliphatic carbocycles. The molecule has 2 N–H and O–H groups in total. The highest BCUT2D eigenvalue weighted by Crippen LogP contribution is 2.36. The van der Waals surface area contributed by atoms with E-state index in [1.54, 1.807) is 0 Å². The molecule has 1 saturated carbocycles. The third kappa shape index (κ3) is 9.45. The van der Waals surface area contributed by atoms with E-state index in [0.717, 1.165) is 31.6 Å². The van der Waals surface area contributed by atoms with Gasteiger partial charge in [0, 0.05) is 5.92 Å². The van der Waals surface area contributed by atoms with E-state index in [1.807, 2.05) is 0 Å². The minimum atomic E-state index is -1.36. The first-order chi connectivity index (χ1) is 14.8. The number of carbonyl (C=O) groups is 2. The zero-order valence-electron chi connectivity index (χ0n) is 20.7. The smallest absolute Gasteiger partial charge is 0.336 e. The van der Waals surface area contributed by atoms with Gasteiger partial charge in [-0.15, -0.1) is 0 Å². The normalized spacial score (nSPS) is 19.5. The number of hydrogen-bond acceptors (Lipinski definition) is 6. The molecule has 0 aliphatic heterocycles. The summed E-state index contributed by atoms with van der Waals surface area (Å²) >= 11 is 0. The predicted octanol–water partition coefficient (Wildman–Crippen LogP) is 4.73. The SMILES string of the molecule is C=C(C(=O)OCC(COC(=O)C(=C)C(C)(C)O)C1CCC(CCCCC)CC1)C(C)(C)O. The van der Waals surface area contributed by atoms with Crippen LogP contribution in [0, 0.1) is 17.8 Å². The Morgan fingerprint density at radius 1 is 0.875 bits per heavy atom. The van der Waals surface area contributed by atoms with Crippen molar-refractivity contribution in [3.05, 3.63) is 24.3 Å². The highest BCUT2D eigenvalue weighted by molar-refractivity contribution is 5.90. The van der Waals surface area contributed by atoms with Gasteiger partial charge in [-0.25, -0.2) is 9.59 Å². The average molecular weight is 453 g/mol. The topological polar surface area (TPSA) is 93.1 Å². The largest absolute Gasteiger partial charge is 0.462 e. The molecule has 184 valence electrons. The zero-order chi connectivity index (χ0) is 24.5. The summed E-state index contributed by atoms with van der Waals surface area (Å²) in [5, 5.41) is 20.0. The van der Waals surface area contributed by atoms with E-state index in [-0.39, 0.29) is 36.2 Å². The van der Waals surface area contributed by atoms with Gasteiger partial charge in [-0.3, -0.25) is 0 Å². The van der Waals surface area contributed by atoms with Crippen molar-refractivity contribution in [3.63, 3.8) is 0 Å². The lowest BCUT2D eigenvalue weighted by Gasteiger charge is -2.34. The standard InChI is InChI=1S/C26H44O6/c1-8-9-10-11-20-12-14-21(15-13-20)22(16-31-23(27)18(2)25(4,5)29)17-32-24(28)19(3)26(6,7)30/h20-22,29-30H,2-3,8-17H2,1,4-7H3. The Balaban J connectivity index is 2.74. The molecule has 0 unspecified atom stereocenters. The van der Waals surface area contributed by atoms with Gasteiger partial charge in [0.15, 0.2) is 0 Å². The van der Waals surface area contributed by atoms with Crippen molar-refractivity contribution in [2.24, 2.45) is 17.8 Å². The average Bonchev–Trinajstić information content (AvgIpc) is 2.71. The van der Waals surface area contributed by atoms with E-state index in [1.165, 1.54) is 53.4 Å². The molecule has 0 bridgehead atoms. The number of rotatable bonds is 13. The first-order valence-corrected chi connectivity index (χ1v) is 11.9. The predicted molar refractivity (Wildman–Crippen MR) is 126 cm³/mol. The Morgan fingerprint density at radius 3 is 1.69 bits per heavy atom. The van der Waals surface area contributed by atoms with Gasteiger partial charge in [0.25, 0.3) is 0 Å². The van der Waals surface area contributed by atoms with Crippen molar-refractivity contribution in [1.82, 2.24) is 0 Å². The Labute approximate surface area is 194 Å². The summed E-state index contributed by atoms with van der Waals surface area (Å²) in [5.74, 6) is -0.466. The number of unbranched alkanes of at least 4 members (excludes halogenated alkanes) is 2. The first-order valence-electron chi connectivity index (χ1n) is 11.9. The first kappa shape index (κ1) is 28.4. The van der Waals surface area contributed by atoms with Gasteiger partial charge in [-0.1, -0.05) is 58.6 Å². The summed E-state index contributed by atoms with van der Waals surface area (Å²) in [6.45, 7) is 15.6. The Bertz CT molecular complexity index is 602. The van der Waals surface area contributed by atoms with Crippen LogP contribution in [0.25, 0.3) is 0 Å². The van der Waals surface area contributed by atoms with Gasteiger partial charge < -0.3 is 19.7 Å². The number of aliphatic hydroxyl groups is 2. The van der Waals surface area contributed by atoms with E-state index in [2.05, 4.69) is 20.1 Å². The maximum atomic E-state index is 12.3. The van der Waals surface area contributed by atoms with Crippen molar-refractivity contribution in [3.8, 4) is 0 Å². The third-order valence-corrected chi connectivity index (χ3v) is 6.60. The fraction of sp³-hybridized carbons (Fsp3) is 0.769. The maximum absolute atomic E-state index is 12.3. The summed E-state index contributed by atoms with van der Waals surface area (Å²) < 4.78 is 10.9. The summed E-state index contributed by atoms with van der Waals surface area (Å²) in [4.78, 5) is 24.6. The van der Waals surface area contributed by atoms with Gasteiger partial charge in [0.2, 0.25) is 0 Å². The van der Waals surface area contributed by atoms with Gasteiger partial charge in [0.1, 0.15) is 0 Å². The highest BCUT2D eigenvalue weighted by Gasteiger charge is 2.32. The Kier molecular flexibility index (Phi) is 11.1. The van der Waals surface area contributed by atoms with Crippen LogP contribution in [0.2, 0.25) is 0 Å². The van der Waals surface area contributed by atoms with Crippen molar-refractivity contribution < 1.29 is 29.3 Å². The Hall–Kier alpha value is -1.66. The third-order valence-electron chi connectivity index (χ3n) is 6.60. The second kappa shape index (κ2) is 12.5. The van der Waals surface area contributed by atoms with Gasteiger partial charge in [-0.05, 0) is 52.4 Å². The minimum absolute atomic E-state index is 0.0108. The van der Waals surface area contributed by atoms with Crippen LogP contribution in [0.15, 0.2) is 24.3 Å². The summed E-state index contributed by atoms with van der Waals surface area (Å²) in [6, 6.07) is 0. The van der Waals surface area contributed by atoms with Crippen LogP contribution in [0.4, 0.5) is 0 Å². The molecule has 1 rings (SSSR count). The molecule has 0 aromatic carbocycles. The van der Waals surface area contributed by atoms with Crippen molar-refractivity contribution >= 4 is 11.9 Å². The lowest BCUT2D eigenvalue weighted by molar-refractivity contribution is -0.147. The van der Waals surface area contributed by atoms with Crippen molar-refractivity contribution in [1.29, 1.82) is 0 Å². The quantitative estimate of drug-likeness (QED) is 0.238. The van der Waals surface area contributed by atoms with Crippen LogP contribution in [0.1, 0.15) is 86.0 Å². The van der Waals surface area contributed by atoms with Crippen LogP contribution in [-0.2, 0) is 19.1 Å². The molecule has 0 atom stereocenters. The molecular formula is C26H44O6. The fourth-order valence-corrected chi connectivity index (χ4v) is 3.99. The number of hydrogen-bond donors (Lipinski definition) is 2. The van der Waals surface area contributed by atoms with E-state index >= 15 is 0 Å². The van der Waals surface area contributed by atoms with Crippen molar-refractivity contribution in [2.45, 2.75) is 97.2 Å². The van der Waals surface area contributed by atoms with E-state index in [9.17, 15) is 19.8 Å². The number of ether oxygens (including phenoxy) is 2. The highest BCUT2D eigenvalue weighted by atomic mass is 16.5. The molecule has 1 aliphatic rings. The van der Waals surface area contributed by atoms with Crippen LogP contribution in [0.3, 0.4) is 0 Å². The molecule has 1 fully saturated rings. The van der Waals surface area contributed by atoms with Crippen LogP contribution >= 0.6 is 0 Å². The summed E-state index contributed by atoms with van der Waals surface area (Å²) in [6.07, 6.45) is 9.25. The van der Waals surface area contributed by atoms with Gasteiger partial charge >= 0.3 is 11.9 Å². The number of esters is 2. The van der Waals surface area contributed by atoms with Crippen LogP contribution < -0.4 is 0 Å². The van der Waals surface area contributed by atoms with E-state index in [4.69, 9.17) is 9.47 Å². The summed E-state index contributed by atoms with van der Waals surface area (Å²) in [5.41, 5.74) is -2.74. The van der Waals surface area contributed by atoms with Crippen molar-refractivity contribution in [2.75, 3.05) is 13.2 Å². The van der Waals surface area contributed by atoms with E-state index < -0.39 is 23.1 Å².